The van der Waals surface area contributed by atoms with Gasteiger partial charge in [-0.15, -0.1) is 0 Å². The molecule has 0 heterocycles. The summed E-state index contributed by atoms with van der Waals surface area (Å²) in [5.41, 5.74) is 1.80. The average molecular weight is 416 g/mol. The van der Waals surface area contributed by atoms with E-state index in [-0.39, 0.29) is 11.8 Å². The second-order valence-electron chi connectivity index (χ2n) is 8.13. The summed E-state index contributed by atoms with van der Waals surface area (Å²) >= 11 is 0. The summed E-state index contributed by atoms with van der Waals surface area (Å²) in [6.45, 7) is 1.91. The van der Waals surface area contributed by atoms with Crippen molar-refractivity contribution in [2.75, 3.05) is 40.8 Å². The predicted octanol–water partition coefficient (Wildman–Crippen LogP) is 2.18. The monoisotopic (exact) mass is 415 g/mol. The zero-order valence-electron chi connectivity index (χ0n) is 18.7. The third kappa shape index (κ3) is 8.43. The fraction of sp³-hybridized carbons (Fsp3) is 0.609. The molecule has 1 fully saturated rings. The van der Waals surface area contributed by atoms with E-state index in [0.29, 0.717) is 43.5 Å². The van der Waals surface area contributed by atoms with E-state index in [0.717, 1.165) is 12.0 Å². The number of nitrogens with zero attached hydrogens (tertiary/aromatic N) is 2. The fourth-order valence-electron chi connectivity index (χ4n) is 3.77. The average Bonchev–Trinajstić information content (AvgIpc) is 2.75. The Bertz CT molecular complexity index is 711. The largest absolute Gasteiger partial charge is 0.356 e. The van der Waals surface area contributed by atoms with Crippen molar-refractivity contribution in [1.82, 2.24) is 20.9 Å². The van der Waals surface area contributed by atoms with Gasteiger partial charge in [-0.3, -0.25) is 14.6 Å². The smallest absolute Gasteiger partial charge is 0.253 e. The summed E-state index contributed by atoms with van der Waals surface area (Å²) in [5.74, 6) is 1.43. The third-order valence-electron chi connectivity index (χ3n) is 5.45. The summed E-state index contributed by atoms with van der Waals surface area (Å²) in [6, 6.07) is 7.70. The van der Waals surface area contributed by atoms with E-state index >= 15 is 0 Å². The SMILES string of the molecule is CN=C(NCCNC(=O)CC1CCCCC1)NCCc1cccc(C(=O)N(C)C)c1. The van der Waals surface area contributed by atoms with Gasteiger partial charge in [0.05, 0.1) is 0 Å². The molecule has 0 aliphatic heterocycles. The van der Waals surface area contributed by atoms with Gasteiger partial charge >= 0.3 is 0 Å². The number of benzene rings is 1. The van der Waals surface area contributed by atoms with Crippen LogP contribution in [0.2, 0.25) is 0 Å². The zero-order valence-corrected chi connectivity index (χ0v) is 18.7. The number of hydrogen-bond donors (Lipinski definition) is 3. The lowest BCUT2D eigenvalue weighted by molar-refractivity contribution is -0.122. The molecule has 0 saturated heterocycles. The standard InChI is InChI=1S/C23H37N5O2/c1-24-23(27-15-14-25-21(29)17-18-8-5-4-6-9-18)26-13-12-19-10-7-11-20(16-19)22(30)28(2)3/h7,10-11,16,18H,4-6,8-9,12-15,17H2,1-3H3,(H,25,29)(H2,24,26,27). The molecule has 3 N–H and O–H groups in total. The minimum Gasteiger partial charge on any atom is -0.356 e. The van der Waals surface area contributed by atoms with Crippen molar-refractivity contribution in [2.45, 2.75) is 44.9 Å². The van der Waals surface area contributed by atoms with E-state index in [1.807, 2.05) is 24.3 Å². The number of carbonyl (C=O) groups is 2. The number of amides is 2. The minimum absolute atomic E-state index is 0.00724. The molecule has 0 radical (unpaired) electrons. The first kappa shape index (κ1) is 23.7. The van der Waals surface area contributed by atoms with E-state index < -0.39 is 0 Å². The minimum atomic E-state index is 0.00724. The first-order chi connectivity index (χ1) is 14.5. The highest BCUT2D eigenvalue weighted by Crippen LogP contribution is 2.25. The molecule has 2 amide bonds. The van der Waals surface area contributed by atoms with Crippen LogP contribution in [0.3, 0.4) is 0 Å². The molecular formula is C23H37N5O2. The lowest BCUT2D eigenvalue weighted by atomic mass is 9.87. The molecular weight excluding hydrogens is 378 g/mol. The van der Waals surface area contributed by atoms with Crippen LogP contribution in [-0.4, -0.2) is 63.5 Å². The van der Waals surface area contributed by atoms with Gasteiger partial charge in [0.25, 0.3) is 5.91 Å². The van der Waals surface area contributed by atoms with E-state index in [9.17, 15) is 9.59 Å². The van der Waals surface area contributed by atoms with Gasteiger partial charge in [0.1, 0.15) is 0 Å². The number of nitrogens with one attached hydrogen (secondary N) is 3. The van der Waals surface area contributed by atoms with Crippen LogP contribution in [0, 0.1) is 5.92 Å². The van der Waals surface area contributed by atoms with Crippen molar-refractivity contribution in [3.8, 4) is 0 Å². The van der Waals surface area contributed by atoms with Gasteiger partial charge in [-0.05, 0) is 42.9 Å². The molecule has 0 spiro atoms. The third-order valence-corrected chi connectivity index (χ3v) is 5.45. The van der Waals surface area contributed by atoms with Gasteiger partial charge in [-0.25, -0.2) is 0 Å². The van der Waals surface area contributed by atoms with E-state index in [1.54, 1.807) is 26.0 Å². The lowest BCUT2D eigenvalue weighted by Crippen LogP contribution is -2.42. The number of rotatable bonds is 9. The first-order valence-corrected chi connectivity index (χ1v) is 11.0. The van der Waals surface area contributed by atoms with Crippen molar-refractivity contribution in [2.24, 2.45) is 10.9 Å². The van der Waals surface area contributed by atoms with Gasteiger partial charge in [0.15, 0.2) is 5.96 Å². The quantitative estimate of drug-likeness (QED) is 0.328. The summed E-state index contributed by atoms with van der Waals surface area (Å²) in [6.07, 6.45) is 7.65. The van der Waals surface area contributed by atoms with Gasteiger partial charge < -0.3 is 20.9 Å². The Morgan fingerprint density at radius 1 is 1.03 bits per heavy atom. The Balaban J connectivity index is 1.63. The van der Waals surface area contributed by atoms with Crippen LogP contribution in [-0.2, 0) is 11.2 Å². The van der Waals surface area contributed by atoms with E-state index in [4.69, 9.17) is 0 Å². The van der Waals surface area contributed by atoms with Crippen LogP contribution in [0.25, 0.3) is 0 Å². The highest BCUT2D eigenvalue weighted by atomic mass is 16.2. The number of carbonyl (C=O) groups excluding carboxylic acids is 2. The van der Waals surface area contributed by atoms with Crippen molar-refractivity contribution in [3.05, 3.63) is 35.4 Å². The second-order valence-corrected chi connectivity index (χ2v) is 8.13. The maximum absolute atomic E-state index is 12.1. The fourth-order valence-corrected chi connectivity index (χ4v) is 3.77. The summed E-state index contributed by atoms with van der Waals surface area (Å²) in [7, 11) is 5.24. The maximum Gasteiger partial charge on any atom is 0.253 e. The summed E-state index contributed by atoms with van der Waals surface area (Å²) < 4.78 is 0. The Kier molecular flexibility index (Phi) is 10.2. The molecule has 1 aliphatic rings. The number of guanidine groups is 1. The van der Waals surface area contributed by atoms with Gasteiger partial charge in [0, 0.05) is 52.8 Å². The molecule has 1 aliphatic carbocycles. The van der Waals surface area contributed by atoms with Crippen LogP contribution >= 0.6 is 0 Å². The topological polar surface area (TPSA) is 85.8 Å². The van der Waals surface area contributed by atoms with Crippen LogP contribution in [0.4, 0.5) is 0 Å². The zero-order chi connectivity index (χ0) is 21.8. The number of hydrogen-bond acceptors (Lipinski definition) is 3. The van der Waals surface area contributed by atoms with E-state index in [1.165, 1.54) is 32.1 Å². The van der Waals surface area contributed by atoms with Gasteiger partial charge in [-0.2, -0.15) is 0 Å². The van der Waals surface area contributed by atoms with E-state index in [2.05, 4.69) is 20.9 Å². The van der Waals surface area contributed by atoms with Crippen LogP contribution in [0.1, 0.15) is 54.4 Å². The van der Waals surface area contributed by atoms with Gasteiger partial charge in [-0.1, -0.05) is 31.4 Å². The predicted molar refractivity (Wildman–Crippen MR) is 122 cm³/mol. The van der Waals surface area contributed by atoms with Crippen LogP contribution in [0.5, 0.6) is 0 Å². The molecule has 1 aromatic carbocycles. The van der Waals surface area contributed by atoms with Gasteiger partial charge in [0.2, 0.25) is 5.91 Å². The Morgan fingerprint density at radius 2 is 1.73 bits per heavy atom. The molecule has 7 heteroatoms. The van der Waals surface area contributed by atoms with Crippen molar-refractivity contribution < 1.29 is 9.59 Å². The Morgan fingerprint density at radius 3 is 2.43 bits per heavy atom. The molecule has 30 heavy (non-hydrogen) atoms. The molecule has 1 aromatic rings. The molecule has 0 aromatic heterocycles. The highest BCUT2D eigenvalue weighted by Gasteiger charge is 2.16. The molecule has 0 unspecified atom stereocenters. The maximum atomic E-state index is 12.1. The van der Waals surface area contributed by atoms with Crippen molar-refractivity contribution in [3.63, 3.8) is 0 Å². The molecule has 2 rings (SSSR count). The van der Waals surface area contributed by atoms with Crippen LogP contribution < -0.4 is 16.0 Å². The van der Waals surface area contributed by atoms with Crippen molar-refractivity contribution >= 4 is 17.8 Å². The molecule has 1 saturated carbocycles. The normalized spacial score (nSPS) is 14.8. The highest BCUT2D eigenvalue weighted by molar-refractivity contribution is 5.94. The van der Waals surface area contributed by atoms with Crippen LogP contribution in [0.15, 0.2) is 29.3 Å². The Labute approximate surface area is 180 Å². The molecule has 7 nitrogen and oxygen atoms in total. The number of aliphatic imine (C=N–C) groups is 1. The van der Waals surface area contributed by atoms with Crippen molar-refractivity contribution in [1.29, 1.82) is 0 Å². The summed E-state index contributed by atoms with van der Waals surface area (Å²) in [5, 5.41) is 9.49. The molecule has 0 atom stereocenters. The Hall–Kier alpha value is -2.57. The summed E-state index contributed by atoms with van der Waals surface area (Å²) in [4.78, 5) is 29.9. The second kappa shape index (κ2) is 12.9. The molecule has 0 bridgehead atoms. The molecule has 166 valence electrons. The first-order valence-electron chi connectivity index (χ1n) is 11.0. The lowest BCUT2D eigenvalue weighted by Gasteiger charge is -2.20.